The van der Waals surface area contributed by atoms with Gasteiger partial charge in [0.1, 0.15) is 6.61 Å². The minimum absolute atomic E-state index is 0.0128. The van der Waals surface area contributed by atoms with Crippen LogP contribution in [0.4, 0.5) is 13.2 Å². The van der Waals surface area contributed by atoms with Crippen molar-refractivity contribution in [3.63, 3.8) is 0 Å². The Morgan fingerprint density at radius 1 is 1.50 bits per heavy atom. The minimum Gasteiger partial charge on any atom is -0.480 e. The number of carbonyl (C=O) groups is 1. The summed E-state index contributed by atoms with van der Waals surface area (Å²) in [5, 5.41) is 8.31. The van der Waals surface area contributed by atoms with Crippen LogP contribution in [-0.2, 0) is 9.53 Å². The third-order valence-electron chi connectivity index (χ3n) is 2.46. The van der Waals surface area contributed by atoms with Gasteiger partial charge in [0.2, 0.25) is 0 Å². The number of ether oxygens (including phenoxy) is 1. The summed E-state index contributed by atoms with van der Waals surface area (Å²) in [5.74, 6) is -1.35. The van der Waals surface area contributed by atoms with Crippen LogP contribution in [-0.4, -0.2) is 48.6 Å². The van der Waals surface area contributed by atoms with Gasteiger partial charge >= 0.3 is 12.3 Å². The maximum Gasteiger partial charge on any atom is 0.459 e. The quantitative estimate of drug-likeness (QED) is 0.754. The molecule has 0 radical (unpaired) electrons. The molecule has 0 amide bonds. The van der Waals surface area contributed by atoms with Crippen LogP contribution in [0, 0.1) is 5.92 Å². The zero-order valence-corrected chi connectivity index (χ0v) is 8.66. The van der Waals surface area contributed by atoms with Gasteiger partial charge in [-0.1, -0.05) is 0 Å². The SMILES string of the molecule is O=C(O)COC[C@H]1CCCN(C(F)(F)F)C1. The van der Waals surface area contributed by atoms with E-state index in [2.05, 4.69) is 0 Å². The van der Waals surface area contributed by atoms with Gasteiger partial charge in [-0.3, -0.25) is 0 Å². The van der Waals surface area contributed by atoms with Gasteiger partial charge in [0.15, 0.2) is 0 Å². The van der Waals surface area contributed by atoms with Crippen molar-refractivity contribution in [3.8, 4) is 0 Å². The van der Waals surface area contributed by atoms with Crippen LogP contribution in [0.15, 0.2) is 0 Å². The lowest BCUT2D eigenvalue weighted by Gasteiger charge is -2.33. The zero-order chi connectivity index (χ0) is 12.2. The molecule has 1 aliphatic heterocycles. The number of hydrogen-bond acceptors (Lipinski definition) is 3. The van der Waals surface area contributed by atoms with Crippen molar-refractivity contribution in [2.75, 3.05) is 26.3 Å². The molecular formula is C9H14F3NO3. The van der Waals surface area contributed by atoms with Gasteiger partial charge in [0.05, 0.1) is 6.61 Å². The first-order chi connectivity index (χ1) is 7.39. The molecule has 16 heavy (non-hydrogen) atoms. The monoisotopic (exact) mass is 241 g/mol. The van der Waals surface area contributed by atoms with Gasteiger partial charge in [-0.2, -0.15) is 13.2 Å². The predicted octanol–water partition coefficient (Wildman–Crippen LogP) is 1.32. The number of likely N-dealkylation sites (tertiary alicyclic amines) is 1. The Morgan fingerprint density at radius 3 is 2.75 bits per heavy atom. The smallest absolute Gasteiger partial charge is 0.459 e. The first-order valence-corrected chi connectivity index (χ1v) is 5.01. The standard InChI is InChI=1S/C9H14F3NO3/c10-9(11,12)13-3-1-2-7(4-13)5-16-6-8(14)15/h7H,1-6H2,(H,14,15)/t7-/m0/s1. The Balaban J connectivity index is 2.31. The second-order valence-electron chi connectivity index (χ2n) is 3.83. The lowest BCUT2D eigenvalue weighted by atomic mass is 9.99. The van der Waals surface area contributed by atoms with Crippen molar-refractivity contribution in [2.24, 2.45) is 5.92 Å². The Labute approximate surface area is 91.0 Å². The van der Waals surface area contributed by atoms with Gasteiger partial charge < -0.3 is 9.84 Å². The molecule has 0 bridgehead atoms. The first-order valence-electron chi connectivity index (χ1n) is 5.01. The van der Waals surface area contributed by atoms with E-state index in [0.29, 0.717) is 17.7 Å². The van der Waals surface area contributed by atoms with Crippen LogP contribution in [0.3, 0.4) is 0 Å². The second-order valence-corrected chi connectivity index (χ2v) is 3.83. The Kier molecular flexibility index (Phi) is 4.55. The number of carboxylic acid groups (broad SMARTS) is 1. The summed E-state index contributed by atoms with van der Waals surface area (Å²) in [6.45, 7) is -0.483. The second kappa shape index (κ2) is 5.49. The minimum atomic E-state index is -4.30. The third-order valence-corrected chi connectivity index (χ3v) is 2.46. The van der Waals surface area contributed by atoms with E-state index in [9.17, 15) is 18.0 Å². The van der Waals surface area contributed by atoms with Crippen molar-refractivity contribution in [2.45, 2.75) is 19.1 Å². The Morgan fingerprint density at radius 2 is 2.19 bits per heavy atom. The first kappa shape index (κ1) is 13.2. The molecule has 0 spiro atoms. The fourth-order valence-corrected chi connectivity index (χ4v) is 1.74. The number of nitrogens with zero attached hydrogens (tertiary/aromatic N) is 1. The summed E-state index contributed by atoms with van der Waals surface area (Å²) in [5.41, 5.74) is 0. The third kappa shape index (κ3) is 4.36. The number of piperidine rings is 1. The average molecular weight is 241 g/mol. The molecule has 0 aromatic rings. The number of rotatable bonds is 4. The maximum atomic E-state index is 12.4. The summed E-state index contributed by atoms with van der Waals surface area (Å²) < 4.78 is 41.9. The van der Waals surface area contributed by atoms with Crippen LogP contribution in [0.1, 0.15) is 12.8 Å². The maximum absolute atomic E-state index is 12.4. The summed E-state index contributed by atoms with van der Waals surface area (Å²) in [4.78, 5) is 10.6. The molecule has 4 nitrogen and oxygen atoms in total. The molecule has 1 heterocycles. The van der Waals surface area contributed by atoms with E-state index in [1.807, 2.05) is 0 Å². The van der Waals surface area contributed by atoms with E-state index in [-0.39, 0.29) is 25.6 Å². The molecular weight excluding hydrogens is 227 g/mol. The average Bonchev–Trinajstić information content (AvgIpc) is 2.16. The lowest BCUT2D eigenvalue weighted by Crippen LogP contribution is -2.45. The van der Waals surface area contributed by atoms with Crippen molar-refractivity contribution in [1.82, 2.24) is 4.90 Å². The normalized spacial score (nSPS) is 23.3. The van der Waals surface area contributed by atoms with Gasteiger partial charge in [-0.25, -0.2) is 9.69 Å². The molecule has 94 valence electrons. The van der Waals surface area contributed by atoms with Crippen molar-refractivity contribution in [1.29, 1.82) is 0 Å². The highest BCUT2D eigenvalue weighted by molar-refractivity contribution is 5.67. The van der Waals surface area contributed by atoms with Crippen molar-refractivity contribution in [3.05, 3.63) is 0 Å². The molecule has 0 aliphatic carbocycles. The molecule has 1 aliphatic rings. The highest BCUT2D eigenvalue weighted by Crippen LogP contribution is 2.27. The van der Waals surface area contributed by atoms with Crippen LogP contribution < -0.4 is 0 Å². The van der Waals surface area contributed by atoms with E-state index in [0.717, 1.165) is 0 Å². The van der Waals surface area contributed by atoms with Gasteiger partial charge in [-0.05, 0) is 18.8 Å². The largest absolute Gasteiger partial charge is 0.480 e. The molecule has 0 unspecified atom stereocenters. The highest BCUT2D eigenvalue weighted by Gasteiger charge is 2.39. The van der Waals surface area contributed by atoms with E-state index in [1.165, 1.54) is 0 Å². The summed E-state index contributed by atoms with van der Waals surface area (Å²) >= 11 is 0. The van der Waals surface area contributed by atoms with Crippen LogP contribution in [0.5, 0.6) is 0 Å². The molecule has 0 aromatic carbocycles. The summed E-state index contributed by atoms with van der Waals surface area (Å²) in [7, 11) is 0. The number of aliphatic carboxylic acids is 1. The fraction of sp³-hybridized carbons (Fsp3) is 0.889. The highest BCUT2D eigenvalue weighted by atomic mass is 19.4. The van der Waals surface area contributed by atoms with Crippen LogP contribution in [0.2, 0.25) is 0 Å². The Bertz CT molecular complexity index is 245. The zero-order valence-electron chi connectivity index (χ0n) is 8.66. The number of alkyl halides is 3. The van der Waals surface area contributed by atoms with Gasteiger partial charge in [-0.15, -0.1) is 0 Å². The molecule has 1 atom stereocenters. The number of halogens is 3. The summed E-state index contributed by atoms with van der Waals surface area (Å²) in [6, 6.07) is 0. The van der Waals surface area contributed by atoms with E-state index in [1.54, 1.807) is 0 Å². The van der Waals surface area contributed by atoms with Gasteiger partial charge in [0.25, 0.3) is 0 Å². The molecule has 1 saturated heterocycles. The molecule has 0 aromatic heterocycles. The van der Waals surface area contributed by atoms with Crippen molar-refractivity contribution < 1.29 is 27.8 Å². The topological polar surface area (TPSA) is 49.8 Å². The van der Waals surface area contributed by atoms with E-state index < -0.39 is 18.9 Å². The molecule has 0 saturated carbocycles. The molecule has 1 rings (SSSR count). The molecule has 1 fully saturated rings. The number of hydrogen-bond donors (Lipinski definition) is 1. The summed E-state index contributed by atoms with van der Waals surface area (Å²) in [6.07, 6.45) is -3.20. The number of carboxylic acids is 1. The van der Waals surface area contributed by atoms with Crippen molar-refractivity contribution >= 4 is 5.97 Å². The van der Waals surface area contributed by atoms with Gasteiger partial charge in [0, 0.05) is 13.1 Å². The van der Waals surface area contributed by atoms with E-state index >= 15 is 0 Å². The Hall–Kier alpha value is -0.820. The van der Waals surface area contributed by atoms with Crippen LogP contribution in [0.25, 0.3) is 0 Å². The predicted molar refractivity (Wildman–Crippen MR) is 48.8 cm³/mol. The molecule has 1 N–H and O–H groups in total. The lowest BCUT2D eigenvalue weighted by molar-refractivity contribution is -0.254. The fourth-order valence-electron chi connectivity index (χ4n) is 1.74. The molecule has 7 heteroatoms. The van der Waals surface area contributed by atoms with Crippen LogP contribution >= 0.6 is 0 Å². The van der Waals surface area contributed by atoms with E-state index in [4.69, 9.17) is 9.84 Å².